The molecule has 0 saturated heterocycles. The highest BCUT2D eigenvalue weighted by molar-refractivity contribution is 7.80. The van der Waals surface area contributed by atoms with Crippen molar-refractivity contribution in [2.45, 2.75) is 81.7 Å². The fraction of sp³-hybridized carbons (Fsp3) is 0.562. The molecule has 0 aromatic heterocycles. The fourth-order valence-corrected chi connectivity index (χ4v) is 4.99. The van der Waals surface area contributed by atoms with Crippen molar-refractivity contribution in [1.29, 1.82) is 0 Å². The van der Waals surface area contributed by atoms with Gasteiger partial charge in [0.2, 0.25) is 35.4 Å². The number of carbonyl (C=O) groups excluding carboxylic acids is 6. The van der Waals surface area contributed by atoms with E-state index < -0.39 is 90.8 Å². The summed E-state index contributed by atoms with van der Waals surface area (Å²) in [6.45, 7) is 0.465. The van der Waals surface area contributed by atoms with Gasteiger partial charge >= 0.3 is 5.97 Å². The van der Waals surface area contributed by atoms with Crippen molar-refractivity contribution in [3.63, 3.8) is 0 Å². The minimum Gasteiger partial charge on any atom is -0.508 e. The number of nitrogens with one attached hydrogen (secondary N) is 6. The van der Waals surface area contributed by atoms with Crippen LogP contribution in [0.4, 0.5) is 0 Å². The van der Waals surface area contributed by atoms with Gasteiger partial charge in [-0.2, -0.15) is 12.6 Å². The van der Waals surface area contributed by atoms with Gasteiger partial charge in [0, 0.05) is 18.7 Å². The van der Waals surface area contributed by atoms with Gasteiger partial charge in [0.25, 0.3) is 0 Å². The van der Waals surface area contributed by atoms with E-state index in [1.54, 1.807) is 0 Å². The number of carboxylic acids is 1. The number of nitrogens with zero attached hydrogens (tertiary/aromatic N) is 1. The average molecular weight is 784 g/mol. The third kappa shape index (κ3) is 17.6. The first-order valence-corrected chi connectivity index (χ1v) is 17.7. The molecule has 1 rings (SSSR count). The molecule has 0 unspecified atom stereocenters. The molecule has 0 heterocycles. The van der Waals surface area contributed by atoms with E-state index in [4.69, 9.17) is 22.9 Å². The lowest BCUT2D eigenvalue weighted by Gasteiger charge is -2.26. The summed E-state index contributed by atoms with van der Waals surface area (Å²) < 4.78 is 0. The number of aliphatic carboxylic acids is 1. The number of guanidine groups is 1. The Morgan fingerprint density at radius 3 is 1.81 bits per heavy atom. The van der Waals surface area contributed by atoms with Crippen LogP contribution in [0.25, 0.3) is 0 Å². The van der Waals surface area contributed by atoms with E-state index in [2.05, 4.69) is 49.5 Å². The van der Waals surface area contributed by atoms with Gasteiger partial charge in [-0.15, -0.1) is 0 Å². The van der Waals surface area contributed by atoms with Crippen molar-refractivity contribution in [2.75, 3.05) is 32.0 Å². The smallest absolute Gasteiger partial charge is 0.326 e. The van der Waals surface area contributed by atoms with Crippen LogP contribution in [0.3, 0.4) is 0 Å². The predicted molar refractivity (Wildman–Crippen MR) is 200 cm³/mol. The molecule has 0 bridgehead atoms. The first kappa shape index (κ1) is 46.8. The average Bonchev–Trinajstić information content (AvgIpc) is 3.13. The minimum absolute atomic E-state index is 0.00735. The van der Waals surface area contributed by atoms with Crippen LogP contribution in [0.15, 0.2) is 29.3 Å². The van der Waals surface area contributed by atoms with Gasteiger partial charge in [0.1, 0.15) is 42.0 Å². The molecular formula is C32H53N11O10S. The van der Waals surface area contributed by atoms with E-state index >= 15 is 0 Å². The summed E-state index contributed by atoms with van der Waals surface area (Å²) in [5, 5.41) is 43.4. The molecule has 17 N–H and O–H groups in total. The van der Waals surface area contributed by atoms with Gasteiger partial charge < -0.3 is 70.2 Å². The summed E-state index contributed by atoms with van der Waals surface area (Å²) in [7, 11) is 0. The summed E-state index contributed by atoms with van der Waals surface area (Å²) in [5.74, 6) is -6.73. The molecule has 0 saturated carbocycles. The Hall–Kier alpha value is -5.19. The molecule has 0 aliphatic carbocycles. The maximum absolute atomic E-state index is 13.4. The number of phenols is 1. The maximum Gasteiger partial charge on any atom is 0.326 e. The van der Waals surface area contributed by atoms with Gasteiger partial charge in [-0.25, -0.2) is 4.79 Å². The van der Waals surface area contributed by atoms with Gasteiger partial charge in [0.15, 0.2) is 5.96 Å². The Bertz CT molecular complexity index is 1450. The molecule has 0 fully saturated rings. The number of unbranched alkanes of at least 4 members (excludes halogenated alkanes) is 1. The Morgan fingerprint density at radius 2 is 1.26 bits per heavy atom. The standard InChI is InChI=1S/C32H53N11O10S/c1-17(38-28(49)22(13-18-7-9-19(45)10-8-18)42-29(50)23(15-44)39-25(46)14-34)26(47)43-24(16-54)30(51)40-20(5-2-3-11-33)27(48)41-21(31(52)53)6-4-12-37-32(35)36/h7-10,17,20-24,44-45,54H,2-6,11-16,33-34H2,1H3,(H,38,49)(H,39,46)(H,40,51)(H,41,48)(H,42,50)(H,43,47)(H,52,53)(H4,35,36,37)/t17-,20-,21-,22-,23-,24-/m0/s1. The second-order valence-corrected chi connectivity index (χ2v) is 12.5. The van der Waals surface area contributed by atoms with E-state index in [-0.39, 0.29) is 49.7 Å². The van der Waals surface area contributed by atoms with Crippen molar-refractivity contribution in [3.8, 4) is 5.75 Å². The lowest BCUT2D eigenvalue weighted by atomic mass is 10.0. The number of hydrogen-bond donors (Lipinski definition) is 14. The molecule has 0 spiro atoms. The molecule has 6 atom stereocenters. The predicted octanol–water partition coefficient (Wildman–Crippen LogP) is -4.99. The van der Waals surface area contributed by atoms with Crippen LogP contribution in [0, 0.1) is 0 Å². The molecule has 22 heteroatoms. The van der Waals surface area contributed by atoms with Gasteiger partial charge in [-0.3, -0.25) is 33.8 Å². The fourth-order valence-electron chi connectivity index (χ4n) is 4.73. The Balaban J connectivity index is 3.06. The zero-order chi connectivity index (χ0) is 40.8. The molecule has 0 radical (unpaired) electrons. The number of aliphatic imine (C=N–C) groups is 1. The Labute approximate surface area is 317 Å². The number of phenolic OH excluding ortho intramolecular Hbond substituents is 1. The number of carbonyl (C=O) groups is 7. The second-order valence-electron chi connectivity index (χ2n) is 12.1. The zero-order valence-corrected chi connectivity index (χ0v) is 30.8. The van der Waals surface area contributed by atoms with Crippen LogP contribution >= 0.6 is 12.6 Å². The molecule has 302 valence electrons. The number of aliphatic hydroxyl groups excluding tert-OH is 1. The van der Waals surface area contributed by atoms with Crippen molar-refractivity contribution in [2.24, 2.45) is 27.9 Å². The lowest BCUT2D eigenvalue weighted by molar-refractivity contribution is -0.142. The van der Waals surface area contributed by atoms with Gasteiger partial charge in [-0.1, -0.05) is 12.1 Å². The van der Waals surface area contributed by atoms with Crippen molar-refractivity contribution < 1.29 is 48.9 Å². The summed E-state index contributed by atoms with van der Waals surface area (Å²) in [6.07, 6.45) is 1.09. The van der Waals surface area contributed by atoms with E-state index in [9.17, 15) is 48.9 Å². The summed E-state index contributed by atoms with van der Waals surface area (Å²) in [4.78, 5) is 93.3. The monoisotopic (exact) mass is 783 g/mol. The highest BCUT2D eigenvalue weighted by atomic mass is 32.1. The van der Waals surface area contributed by atoms with E-state index in [0.29, 0.717) is 24.9 Å². The van der Waals surface area contributed by atoms with Gasteiger partial charge in [0.05, 0.1) is 13.2 Å². The molecule has 0 aliphatic rings. The number of nitrogens with two attached hydrogens (primary N) is 4. The normalized spacial score (nSPS) is 14.1. The van der Waals surface area contributed by atoms with Crippen LogP contribution < -0.4 is 54.8 Å². The van der Waals surface area contributed by atoms with E-state index in [0.717, 1.165) is 0 Å². The van der Waals surface area contributed by atoms with Crippen LogP contribution in [0.5, 0.6) is 5.75 Å². The molecule has 1 aromatic carbocycles. The maximum atomic E-state index is 13.4. The van der Waals surface area contributed by atoms with Crippen LogP contribution in [-0.2, 0) is 40.0 Å². The van der Waals surface area contributed by atoms with Crippen LogP contribution in [0.2, 0.25) is 0 Å². The second kappa shape index (κ2) is 24.9. The SMILES string of the molecule is C[C@H](NC(=O)[C@H](Cc1ccc(O)cc1)NC(=O)[C@H](CO)NC(=O)CN)C(=O)N[C@@H](CS)C(=O)N[C@@H](CCCCN)C(=O)N[C@@H](CCCN=C(N)N)C(=O)O. The summed E-state index contributed by atoms with van der Waals surface area (Å²) in [6, 6.07) is -2.22. The quantitative estimate of drug-likeness (QED) is 0.0191. The molecule has 0 aliphatic heterocycles. The first-order valence-electron chi connectivity index (χ1n) is 17.1. The van der Waals surface area contributed by atoms with Crippen LogP contribution in [-0.4, -0.2) is 131 Å². The number of amides is 6. The third-order valence-corrected chi connectivity index (χ3v) is 8.10. The zero-order valence-electron chi connectivity index (χ0n) is 30.0. The number of benzene rings is 1. The molecule has 21 nitrogen and oxygen atoms in total. The number of thiol groups is 1. The highest BCUT2D eigenvalue weighted by Crippen LogP contribution is 2.12. The third-order valence-electron chi connectivity index (χ3n) is 7.74. The molecule has 6 amide bonds. The van der Waals surface area contributed by atoms with Gasteiger partial charge in [-0.05, 0) is 63.3 Å². The Kier molecular flexibility index (Phi) is 21.6. The first-order chi connectivity index (χ1) is 25.6. The lowest BCUT2D eigenvalue weighted by Crippen LogP contribution is -2.60. The van der Waals surface area contributed by atoms with E-state index in [1.807, 2.05) is 0 Å². The Morgan fingerprint density at radius 1 is 0.722 bits per heavy atom. The highest BCUT2D eigenvalue weighted by Gasteiger charge is 2.32. The van der Waals surface area contributed by atoms with Crippen molar-refractivity contribution >= 4 is 60.0 Å². The van der Waals surface area contributed by atoms with Crippen molar-refractivity contribution in [1.82, 2.24) is 31.9 Å². The van der Waals surface area contributed by atoms with E-state index in [1.165, 1.54) is 31.2 Å². The minimum atomic E-state index is -1.45. The van der Waals surface area contributed by atoms with Crippen molar-refractivity contribution in [3.05, 3.63) is 29.8 Å². The number of hydrogen-bond acceptors (Lipinski definition) is 13. The molecular weight excluding hydrogens is 730 g/mol. The largest absolute Gasteiger partial charge is 0.508 e. The topological polar surface area (TPSA) is 369 Å². The molecule has 1 aromatic rings. The summed E-state index contributed by atoms with van der Waals surface area (Å²) >= 11 is 4.15. The number of aromatic hydroxyl groups is 1. The number of carboxylic acid groups (broad SMARTS) is 1. The van der Waals surface area contributed by atoms with Crippen LogP contribution in [0.1, 0.15) is 44.6 Å². The number of rotatable bonds is 25. The summed E-state index contributed by atoms with van der Waals surface area (Å²) in [5.41, 5.74) is 21.9. The number of aliphatic hydroxyl groups is 1. The molecule has 54 heavy (non-hydrogen) atoms.